The van der Waals surface area contributed by atoms with E-state index in [1.807, 2.05) is 41.3 Å². The largest absolute Gasteiger partial charge is 0.493 e. The molecular formula is C27H27ClN2O2. The highest BCUT2D eigenvalue weighted by Gasteiger charge is 2.17. The Labute approximate surface area is 194 Å². The van der Waals surface area contributed by atoms with Crippen molar-refractivity contribution in [3.63, 3.8) is 0 Å². The van der Waals surface area contributed by atoms with Crippen LogP contribution in [0.2, 0.25) is 5.02 Å². The lowest BCUT2D eigenvalue weighted by Gasteiger charge is -2.23. The van der Waals surface area contributed by atoms with Crippen LogP contribution >= 0.6 is 11.6 Å². The molecule has 32 heavy (non-hydrogen) atoms. The Hall–Kier alpha value is -3.11. The van der Waals surface area contributed by atoms with Crippen LogP contribution in [0.4, 0.5) is 0 Å². The molecule has 0 aliphatic heterocycles. The molecule has 1 aliphatic rings. The zero-order chi connectivity index (χ0) is 22.2. The molecule has 164 valence electrons. The number of allylic oxidation sites excluding steroid dienone is 2. The minimum atomic E-state index is -0.0602. The molecule has 1 aliphatic carbocycles. The molecule has 3 aromatic rings. The van der Waals surface area contributed by atoms with Gasteiger partial charge in [0.15, 0.2) is 0 Å². The molecule has 4 rings (SSSR count). The second kappa shape index (κ2) is 11.0. The highest BCUT2D eigenvalue weighted by molar-refractivity contribution is 6.30. The molecule has 0 spiro atoms. The van der Waals surface area contributed by atoms with Crippen molar-refractivity contribution in [3.05, 3.63) is 107 Å². The van der Waals surface area contributed by atoms with E-state index < -0.39 is 0 Å². The summed E-state index contributed by atoms with van der Waals surface area (Å²) in [6.45, 7) is 1.72. The third-order valence-corrected chi connectivity index (χ3v) is 5.88. The van der Waals surface area contributed by atoms with Crippen molar-refractivity contribution in [2.24, 2.45) is 5.92 Å². The number of nitrogens with zero attached hydrogens (tertiary/aromatic N) is 2. The van der Waals surface area contributed by atoms with Gasteiger partial charge in [0.1, 0.15) is 5.75 Å². The van der Waals surface area contributed by atoms with Gasteiger partial charge < -0.3 is 9.64 Å². The van der Waals surface area contributed by atoms with E-state index >= 15 is 0 Å². The number of hydrogen-bond acceptors (Lipinski definition) is 3. The second-order valence-corrected chi connectivity index (χ2v) is 8.57. The average molecular weight is 447 g/mol. The van der Waals surface area contributed by atoms with Gasteiger partial charge in [0.05, 0.1) is 6.61 Å². The number of carbonyl (C=O) groups is 1. The summed E-state index contributed by atoms with van der Waals surface area (Å²) in [6.07, 6.45) is 11.4. The minimum absolute atomic E-state index is 0.0602. The van der Waals surface area contributed by atoms with Crippen molar-refractivity contribution in [2.75, 3.05) is 6.61 Å². The summed E-state index contributed by atoms with van der Waals surface area (Å²) in [5, 5.41) is 0.551. The Morgan fingerprint density at radius 3 is 2.44 bits per heavy atom. The monoisotopic (exact) mass is 446 g/mol. The normalized spacial score (nSPS) is 15.3. The molecule has 1 aromatic heterocycles. The summed E-state index contributed by atoms with van der Waals surface area (Å²) in [5.74, 6) is 1.39. The minimum Gasteiger partial charge on any atom is -0.493 e. The van der Waals surface area contributed by atoms with E-state index in [2.05, 4.69) is 17.1 Å². The number of ether oxygens (including phenoxy) is 1. The van der Waals surface area contributed by atoms with Crippen LogP contribution in [0.25, 0.3) is 0 Å². The zero-order valence-electron chi connectivity index (χ0n) is 18.0. The van der Waals surface area contributed by atoms with Gasteiger partial charge in [-0.25, -0.2) is 0 Å². The number of amides is 1. The van der Waals surface area contributed by atoms with Crippen molar-refractivity contribution in [1.82, 2.24) is 9.88 Å². The van der Waals surface area contributed by atoms with Crippen LogP contribution in [-0.4, -0.2) is 22.4 Å². The first-order chi connectivity index (χ1) is 15.7. The fourth-order valence-corrected chi connectivity index (χ4v) is 4.04. The third kappa shape index (κ3) is 6.21. The standard InChI is InChI=1S/C27H27ClN2O2/c28-25-8-4-7-24(17-25)27(31)30(19-22-13-15-29-16-14-22)18-21-9-11-26(12-10-21)32-20-23-5-2-1-3-6-23/h1-2,4,7-17,23H,3,5-6,18-20H2/t23-/m0/s1. The molecule has 0 unspecified atom stereocenters. The second-order valence-electron chi connectivity index (χ2n) is 8.13. The molecule has 1 atom stereocenters. The first-order valence-electron chi connectivity index (χ1n) is 11.0. The van der Waals surface area contributed by atoms with Crippen molar-refractivity contribution in [2.45, 2.75) is 32.4 Å². The first-order valence-corrected chi connectivity index (χ1v) is 11.4. The van der Waals surface area contributed by atoms with E-state index in [-0.39, 0.29) is 5.91 Å². The van der Waals surface area contributed by atoms with Gasteiger partial charge in [-0.1, -0.05) is 42.0 Å². The van der Waals surface area contributed by atoms with E-state index in [1.54, 1.807) is 36.7 Å². The maximum Gasteiger partial charge on any atom is 0.254 e. The smallest absolute Gasteiger partial charge is 0.254 e. The van der Waals surface area contributed by atoms with Gasteiger partial charge in [0.2, 0.25) is 0 Å². The molecule has 0 saturated carbocycles. The van der Waals surface area contributed by atoms with Gasteiger partial charge in [0.25, 0.3) is 5.91 Å². The zero-order valence-corrected chi connectivity index (χ0v) is 18.7. The topological polar surface area (TPSA) is 42.4 Å². The Bertz CT molecular complexity index is 1050. The number of pyridine rings is 1. The fraction of sp³-hybridized carbons (Fsp3) is 0.259. The summed E-state index contributed by atoms with van der Waals surface area (Å²) in [4.78, 5) is 19.2. The summed E-state index contributed by atoms with van der Waals surface area (Å²) in [7, 11) is 0. The van der Waals surface area contributed by atoms with Gasteiger partial charge in [-0.3, -0.25) is 9.78 Å². The Kier molecular flexibility index (Phi) is 7.57. The van der Waals surface area contributed by atoms with E-state index in [1.165, 1.54) is 6.42 Å². The number of rotatable bonds is 8. The predicted molar refractivity (Wildman–Crippen MR) is 128 cm³/mol. The van der Waals surface area contributed by atoms with E-state index in [0.29, 0.717) is 29.6 Å². The summed E-state index contributed by atoms with van der Waals surface area (Å²) < 4.78 is 6.00. The van der Waals surface area contributed by atoms with Gasteiger partial charge in [0, 0.05) is 36.1 Å². The molecular weight excluding hydrogens is 420 g/mol. The molecule has 0 bridgehead atoms. The summed E-state index contributed by atoms with van der Waals surface area (Å²) >= 11 is 6.12. The van der Waals surface area contributed by atoms with Crippen LogP contribution in [0, 0.1) is 5.92 Å². The number of benzene rings is 2. The van der Waals surface area contributed by atoms with Crippen molar-refractivity contribution in [1.29, 1.82) is 0 Å². The lowest BCUT2D eigenvalue weighted by Crippen LogP contribution is -2.30. The highest BCUT2D eigenvalue weighted by atomic mass is 35.5. The first kappa shape index (κ1) is 22.1. The summed E-state index contributed by atoms with van der Waals surface area (Å²) in [6, 6.07) is 19.0. The highest BCUT2D eigenvalue weighted by Crippen LogP contribution is 2.22. The maximum atomic E-state index is 13.3. The molecule has 4 nitrogen and oxygen atoms in total. The van der Waals surface area contributed by atoms with Crippen LogP contribution in [0.1, 0.15) is 40.7 Å². The van der Waals surface area contributed by atoms with Gasteiger partial charge in [-0.05, 0) is 78.8 Å². The van der Waals surface area contributed by atoms with Gasteiger partial charge in [-0.15, -0.1) is 0 Å². The average Bonchev–Trinajstić information content (AvgIpc) is 2.84. The lowest BCUT2D eigenvalue weighted by molar-refractivity contribution is 0.0730. The van der Waals surface area contributed by atoms with Crippen LogP contribution in [-0.2, 0) is 13.1 Å². The molecule has 0 radical (unpaired) electrons. The number of hydrogen-bond donors (Lipinski definition) is 0. The number of halogens is 1. The SMILES string of the molecule is O=C(c1cccc(Cl)c1)N(Cc1ccncc1)Cc1ccc(OC[C@H]2CC=CCC2)cc1. The molecule has 0 saturated heterocycles. The number of carbonyl (C=O) groups excluding carboxylic acids is 1. The molecule has 5 heteroatoms. The van der Waals surface area contributed by atoms with Crippen molar-refractivity contribution in [3.8, 4) is 5.75 Å². The predicted octanol–water partition coefficient (Wildman–Crippen LogP) is 6.31. The van der Waals surface area contributed by atoms with Crippen LogP contribution < -0.4 is 4.74 Å². The third-order valence-electron chi connectivity index (χ3n) is 5.64. The molecule has 0 fully saturated rings. The van der Waals surface area contributed by atoms with Crippen molar-refractivity contribution >= 4 is 17.5 Å². The maximum absolute atomic E-state index is 13.3. The number of aromatic nitrogens is 1. The van der Waals surface area contributed by atoms with Crippen LogP contribution in [0.5, 0.6) is 5.75 Å². The Balaban J connectivity index is 1.45. The molecule has 1 heterocycles. The Morgan fingerprint density at radius 2 is 1.75 bits per heavy atom. The quantitative estimate of drug-likeness (QED) is 0.380. The van der Waals surface area contributed by atoms with Gasteiger partial charge >= 0.3 is 0 Å². The molecule has 1 amide bonds. The molecule has 2 aromatic carbocycles. The van der Waals surface area contributed by atoms with Crippen LogP contribution in [0.15, 0.2) is 85.2 Å². The molecule has 0 N–H and O–H groups in total. The Morgan fingerprint density at radius 1 is 1.00 bits per heavy atom. The van der Waals surface area contributed by atoms with Crippen molar-refractivity contribution < 1.29 is 9.53 Å². The van der Waals surface area contributed by atoms with E-state index in [0.717, 1.165) is 36.3 Å². The van der Waals surface area contributed by atoms with Gasteiger partial charge in [-0.2, -0.15) is 0 Å². The van der Waals surface area contributed by atoms with E-state index in [4.69, 9.17) is 16.3 Å². The fourth-order valence-electron chi connectivity index (χ4n) is 3.85. The summed E-state index contributed by atoms with van der Waals surface area (Å²) in [5.41, 5.74) is 2.65. The van der Waals surface area contributed by atoms with E-state index in [9.17, 15) is 4.79 Å². The van der Waals surface area contributed by atoms with Crippen LogP contribution in [0.3, 0.4) is 0 Å². The lowest BCUT2D eigenvalue weighted by atomic mass is 9.95.